The number of carbonyl (C=O) groups is 1. The molecule has 0 saturated heterocycles. The van der Waals surface area contributed by atoms with Crippen LogP contribution in [0.1, 0.15) is 30.7 Å². The minimum atomic E-state index is -0.735. The van der Waals surface area contributed by atoms with Crippen molar-refractivity contribution >= 4 is 5.97 Å². The Hall–Kier alpha value is -1.35. The molecule has 0 amide bonds. The van der Waals surface area contributed by atoms with E-state index >= 15 is 0 Å². The summed E-state index contributed by atoms with van der Waals surface area (Å²) in [6.45, 7) is 1.62. The SMILES string of the molecule is CN(CC1CCC1)CC(C(=O)O)c1ccccc1. The van der Waals surface area contributed by atoms with Crippen LogP contribution in [0, 0.1) is 5.92 Å². The summed E-state index contributed by atoms with van der Waals surface area (Å²) < 4.78 is 0. The standard InChI is InChI=1S/C15H21NO2/c1-16(10-12-6-5-7-12)11-14(15(17)18)13-8-3-2-4-9-13/h2-4,8-9,12,14H,5-7,10-11H2,1H3,(H,17,18). The Morgan fingerprint density at radius 1 is 1.39 bits per heavy atom. The molecule has 1 aromatic carbocycles. The molecule has 1 aromatic rings. The molecule has 0 spiro atoms. The highest BCUT2D eigenvalue weighted by Gasteiger charge is 2.24. The zero-order chi connectivity index (χ0) is 13.0. The van der Waals surface area contributed by atoms with Gasteiger partial charge in [-0.15, -0.1) is 0 Å². The first kappa shape index (κ1) is 13.1. The Bertz CT molecular complexity index is 387. The molecule has 1 N–H and O–H groups in total. The Morgan fingerprint density at radius 3 is 2.56 bits per heavy atom. The molecule has 2 rings (SSSR count). The largest absolute Gasteiger partial charge is 0.481 e. The van der Waals surface area contributed by atoms with Gasteiger partial charge < -0.3 is 10.0 Å². The smallest absolute Gasteiger partial charge is 0.312 e. The fourth-order valence-electron chi connectivity index (χ4n) is 2.51. The minimum absolute atomic E-state index is 0.420. The van der Waals surface area contributed by atoms with Crippen molar-refractivity contribution in [1.82, 2.24) is 4.90 Å². The van der Waals surface area contributed by atoms with Gasteiger partial charge in [-0.25, -0.2) is 0 Å². The zero-order valence-electron chi connectivity index (χ0n) is 10.9. The quantitative estimate of drug-likeness (QED) is 0.840. The maximum Gasteiger partial charge on any atom is 0.312 e. The molecule has 0 bridgehead atoms. The van der Waals surface area contributed by atoms with Gasteiger partial charge in [0.15, 0.2) is 0 Å². The van der Waals surface area contributed by atoms with E-state index in [9.17, 15) is 9.90 Å². The highest BCUT2D eigenvalue weighted by atomic mass is 16.4. The van der Waals surface area contributed by atoms with Crippen LogP contribution in [0.3, 0.4) is 0 Å². The lowest BCUT2D eigenvalue weighted by Crippen LogP contribution is -2.34. The fourth-order valence-corrected chi connectivity index (χ4v) is 2.51. The van der Waals surface area contributed by atoms with Crippen LogP contribution in [0.15, 0.2) is 30.3 Å². The number of likely N-dealkylation sites (N-methyl/N-ethyl adjacent to an activating group) is 1. The van der Waals surface area contributed by atoms with E-state index < -0.39 is 11.9 Å². The van der Waals surface area contributed by atoms with Gasteiger partial charge in [-0.1, -0.05) is 36.8 Å². The lowest BCUT2D eigenvalue weighted by Gasteiger charge is -2.31. The Morgan fingerprint density at radius 2 is 2.06 bits per heavy atom. The van der Waals surface area contributed by atoms with Gasteiger partial charge in [0, 0.05) is 13.1 Å². The number of nitrogens with zero attached hydrogens (tertiary/aromatic N) is 1. The van der Waals surface area contributed by atoms with E-state index in [1.54, 1.807) is 0 Å². The average Bonchev–Trinajstić information content (AvgIpc) is 2.31. The van der Waals surface area contributed by atoms with E-state index in [0.29, 0.717) is 6.54 Å². The van der Waals surface area contributed by atoms with Gasteiger partial charge in [0.2, 0.25) is 0 Å². The third-order valence-electron chi connectivity index (χ3n) is 3.79. The number of hydrogen-bond donors (Lipinski definition) is 1. The lowest BCUT2D eigenvalue weighted by molar-refractivity contribution is -0.139. The van der Waals surface area contributed by atoms with E-state index in [0.717, 1.165) is 18.0 Å². The maximum absolute atomic E-state index is 11.4. The summed E-state index contributed by atoms with van der Waals surface area (Å²) in [6.07, 6.45) is 3.93. The second-order valence-electron chi connectivity index (χ2n) is 5.32. The van der Waals surface area contributed by atoms with E-state index in [1.165, 1.54) is 19.3 Å². The lowest BCUT2D eigenvalue weighted by atomic mass is 9.85. The van der Waals surface area contributed by atoms with Gasteiger partial charge in [-0.2, -0.15) is 0 Å². The number of aliphatic carboxylic acids is 1. The molecule has 1 saturated carbocycles. The van der Waals surface area contributed by atoms with Gasteiger partial charge in [-0.3, -0.25) is 4.79 Å². The van der Waals surface area contributed by atoms with Crippen LogP contribution >= 0.6 is 0 Å². The molecule has 1 aliphatic rings. The van der Waals surface area contributed by atoms with Gasteiger partial charge in [-0.05, 0) is 31.4 Å². The molecule has 0 radical (unpaired) electrons. The monoisotopic (exact) mass is 247 g/mol. The normalized spacial score (nSPS) is 17.4. The molecule has 98 valence electrons. The number of rotatable bonds is 6. The Kier molecular flexibility index (Phi) is 4.37. The molecule has 0 aromatic heterocycles. The molecular formula is C15H21NO2. The molecule has 1 atom stereocenters. The summed E-state index contributed by atoms with van der Waals surface area (Å²) >= 11 is 0. The van der Waals surface area contributed by atoms with Crippen LogP contribution in [-0.2, 0) is 4.79 Å². The van der Waals surface area contributed by atoms with Crippen LogP contribution in [0.5, 0.6) is 0 Å². The van der Waals surface area contributed by atoms with Crippen molar-refractivity contribution in [3.8, 4) is 0 Å². The number of hydrogen-bond acceptors (Lipinski definition) is 2. The summed E-state index contributed by atoms with van der Waals surface area (Å²) in [5.41, 5.74) is 0.894. The summed E-state index contributed by atoms with van der Waals surface area (Å²) in [5, 5.41) is 9.35. The van der Waals surface area contributed by atoms with Crippen LogP contribution in [0.4, 0.5) is 0 Å². The first-order valence-electron chi connectivity index (χ1n) is 6.63. The highest BCUT2D eigenvalue weighted by Crippen LogP contribution is 2.27. The molecule has 0 aliphatic heterocycles. The van der Waals surface area contributed by atoms with Crippen molar-refractivity contribution in [3.05, 3.63) is 35.9 Å². The molecule has 3 heteroatoms. The van der Waals surface area contributed by atoms with Crippen molar-refractivity contribution in [2.24, 2.45) is 5.92 Å². The van der Waals surface area contributed by atoms with Crippen LogP contribution < -0.4 is 0 Å². The second-order valence-corrected chi connectivity index (χ2v) is 5.32. The van der Waals surface area contributed by atoms with Gasteiger partial charge in [0.05, 0.1) is 5.92 Å². The van der Waals surface area contributed by atoms with Gasteiger partial charge in [0.1, 0.15) is 0 Å². The number of benzene rings is 1. The van der Waals surface area contributed by atoms with Crippen LogP contribution in [0.2, 0.25) is 0 Å². The zero-order valence-corrected chi connectivity index (χ0v) is 10.9. The number of carboxylic acids is 1. The predicted octanol–water partition coefficient (Wildman–Crippen LogP) is 2.59. The molecule has 1 aliphatic carbocycles. The van der Waals surface area contributed by atoms with Gasteiger partial charge in [0.25, 0.3) is 0 Å². The fraction of sp³-hybridized carbons (Fsp3) is 0.533. The van der Waals surface area contributed by atoms with Crippen molar-refractivity contribution in [3.63, 3.8) is 0 Å². The van der Waals surface area contributed by atoms with E-state index in [1.807, 2.05) is 37.4 Å². The molecule has 3 nitrogen and oxygen atoms in total. The molecule has 1 fully saturated rings. The highest BCUT2D eigenvalue weighted by molar-refractivity contribution is 5.76. The Balaban J connectivity index is 1.95. The summed E-state index contributed by atoms with van der Waals surface area (Å²) in [7, 11) is 2.02. The van der Waals surface area contributed by atoms with Crippen molar-refractivity contribution in [1.29, 1.82) is 0 Å². The summed E-state index contributed by atoms with van der Waals surface area (Å²) in [4.78, 5) is 13.5. The first-order valence-corrected chi connectivity index (χ1v) is 6.63. The topological polar surface area (TPSA) is 40.5 Å². The van der Waals surface area contributed by atoms with Crippen molar-refractivity contribution in [2.45, 2.75) is 25.2 Å². The van der Waals surface area contributed by atoms with Crippen LogP contribution in [0.25, 0.3) is 0 Å². The van der Waals surface area contributed by atoms with Crippen molar-refractivity contribution < 1.29 is 9.90 Å². The molecule has 0 heterocycles. The third kappa shape index (κ3) is 3.33. The minimum Gasteiger partial charge on any atom is -0.481 e. The first-order chi connectivity index (χ1) is 8.66. The molecule has 18 heavy (non-hydrogen) atoms. The summed E-state index contributed by atoms with van der Waals surface area (Å²) in [5.74, 6) is -0.377. The van der Waals surface area contributed by atoms with Crippen molar-refractivity contribution in [2.75, 3.05) is 20.1 Å². The Labute approximate surface area is 108 Å². The van der Waals surface area contributed by atoms with E-state index in [4.69, 9.17) is 0 Å². The van der Waals surface area contributed by atoms with Gasteiger partial charge >= 0.3 is 5.97 Å². The summed E-state index contributed by atoms with van der Waals surface area (Å²) in [6, 6.07) is 9.51. The average molecular weight is 247 g/mol. The van der Waals surface area contributed by atoms with E-state index in [-0.39, 0.29) is 0 Å². The van der Waals surface area contributed by atoms with Crippen LogP contribution in [-0.4, -0.2) is 36.1 Å². The third-order valence-corrected chi connectivity index (χ3v) is 3.79. The van der Waals surface area contributed by atoms with E-state index in [2.05, 4.69) is 4.90 Å². The number of carboxylic acid groups (broad SMARTS) is 1. The molecular weight excluding hydrogens is 226 g/mol. The predicted molar refractivity (Wildman–Crippen MR) is 71.7 cm³/mol. The maximum atomic E-state index is 11.4. The molecule has 1 unspecified atom stereocenters. The second kappa shape index (κ2) is 6.01.